The Morgan fingerprint density at radius 2 is 1.83 bits per heavy atom. The fraction of sp³-hybridized carbons (Fsp3) is 0.333. The summed E-state index contributed by atoms with van der Waals surface area (Å²) in [5, 5.41) is 1.37. The van der Waals surface area contributed by atoms with Crippen molar-refractivity contribution in [3.05, 3.63) is 52.5 Å². The Kier molecular flexibility index (Phi) is 8.79. The molecule has 1 aromatic heterocycles. The molecule has 3 rings (SSSR count). The first kappa shape index (κ1) is 24.0. The summed E-state index contributed by atoms with van der Waals surface area (Å²) >= 11 is 9.52. The van der Waals surface area contributed by atoms with Gasteiger partial charge in [-0.15, -0.1) is 24.2 Å². The fourth-order valence-corrected chi connectivity index (χ4v) is 4.67. The van der Waals surface area contributed by atoms with Crippen molar-refractivity contribution >= 4 is 68.4 Å². The molecular weight excluding hydrogens is 445 g/mol. The molecule has 0 fully saturated rings. The number of aromatic nitrogens is 1. The van der Waals surface area contributed by atoms with Crippen LogP contribution in [-0.4, -0.2) is 49.2 Å². The van der Waals surface area contributed by atoms with Crippen LogP contribution in [0.1, 0.15) is 22.3 Å². The summed E-state index contributed by atoms with van der Waals surface area (Å²) in [5.41, 5.74) is 2.60. The van der Waals surface area contributed by atoms with E-state index in [2.05, 4.69) is 4.90 Å². The standard InChI is InChI=1S/C21H24ClN3OS2.ClH/c1-14-6-11-17(22)19-18(14)23-21(28-19)25(13-5-12-24(2)3)20(26)15-7-9-16(27-4)10-8-15;/h6-11H,5,12-13H2,1-4H3;1H. The molecule has 3 aromatic rings. The predicted octanol–water partition coefficient (Wildman–Crippen LogP) is 6.00. The second-order valence-corrected chi connectivity index (χ2v) is 9.14. The molecule has 8 heteroatoms. The molecule has 29 heavy (non-hydrogen) atoms. The van der Waals surface area contributed by atoms with Gasteiger partial charge in [0.15, 0.2) is 5.13 Å². The summed E-state index contributed by atoms with van der Waals surface area (Å²) in [7, 11) is 4.07. The van der Waals surface area contributed by atoms with Gasteiger partial charge < -0.3 is 4.90 Å². The van der Waals surface area contributed by atoms with E-state index in [-0.39, 0.29) is 18.3 Å². The third-order valence-electron chi connectivity index (χ3n) is 4.49. The van der Waals surface area contributed by atoms with Crippen LogP contribution in [0.4, 0.5) is 5.13 Å². The summed E-state index contributed by atoms with van der Waals surface area (Å²) in [6.07, 6.45) is 2.89. The first-order chi connectivity index (χ1) is 13.4. The van der Waals surface area contributed by atoms with Gasteiger partial charge in [-0.05, 0) is 76.1 Å². The topological polar surface area (TPSA) is 36.4 Å². The van der Waals surface area contributed by atoms with Gasteiger partial charge in [0.25, 0.3) is 5.91 Å². The Morgan fingerprint density at radius 3 is 2.41 bits per heavy atom. The SMILES string of the molecule is CSc1ccc(C(=O)N(CCCN(C)C)c2nc3c(C)ccc(Cl)c3s2)cc1.Cl. The molecule has 0 aliphatic rings. The number of amides is 1. The third-order valence-corrected chi connectivity index (χ3v) is 6.77. The van der Waals surface area contributed by atoms with Gasteiger partial charge >= 0.3 is 0 Å². The largest absolute Gasteiger partial charge is 0.309 e. The molecule has 0 bridgehead atoms. The Balaban J connectivity index is 0.00000300. The van der Waals surface area contributed by atoms with E-state index in [1.165, 1.54) is 11.3 Å². The number of rotatable bonds is 7. The highest BCUT2D eigenvalue weighted by Gasteiger charge is 2.22. The molecule has 0 N–H and O–H groups in total. The van der Waals surface area contributed by atoms with Crippen molar-refractivity contribution in [1.82, 2.24) is 9.88 Å². The van der Waals surface area contributed by atoms with Crippen LogP contribution in [0.25, 0.3) is 10.2 Å². The zero-order valence-corrected chi connectivity index (χ0v) is 20.1. The average molecular weight is 470 g/mol. The molecule has 0 radical (unpaired) electrons. The number of thiazole rings is 1. The molecule has 156 valence electrons. The van der Waals surface area contributed by atoms with Crippen molar-refractivity contribution in [1.29, 1.82) is 0 Å². The monoisotopic (exact) mass is 469 g/mol. The average Bonchev–Trinajstić information content (AvgIpc) is 3.14. The number of fused-ring (bicyclic) bond motifs is 1. The molecule has 0 atom stereocenters. The number of carbonyl (C=O) groups excluding carboxylic acids is 1. The minimum Gasteiger partial charge on any atom is -0.309 e. The highest BCUT2D eigenvalue weighted by molar-refractivity contribution is 7.98. The van der Waals surface area contributed by atoms with Crippen molar-refractivity contribution in [2.75, 3.05) is 38.3 Å². The van der Waals surface area contributed by atoms with Crippen molar-refractivity contribution in [2.45, 2.75) is 18.2 Å². The molecule has 2 aromatic carbocycles. The van der Waals surface area contributed by atoms with E-state index in [1.54, 1.807) is 16.7 Å². The highest BCUT2D eigenvalue weighted by Crippen LogP contribution is 2.36. The summed E-state index contributed by atoms with van der Waals surface area (Å²) in [5.74, 6) is -0.0285. The molecule has 1 heterocycles. The van der Waals surface area contributed by atoms with Gasteiger partial charge in [0.2, 0.25) is 0 Å². The second-order valence-electron chi connectivity index (χ2n) is 6.88. The van der Waals surface area contributed by atoms with E-state index in [0.717, 1.165) is 33.6 Å². The Morgan fingerprint density at radius 1 is 1.14 bits per heavy atom. The number of halogens is 2. The molecule has 0 saturated heterocycles. The number of anilines is 1. The number of carbonyl (C=O) groups is 1. The first-order valence-electron chi connectivity index (χ1n) is 9.07. The van der Waals surface area contributed by atoms with Gasteiger partial charge in [-0.25, -0.2) is 4.98 Å². The number of aryl methyl sites for hydroxylation is 1. The second kappa shape index (κ2) is 10.6. The van der Waals surface area contributed by atoms with Gasteiger partial charge in [-0.2, -0.15) is 0 Å². The maximum absolute atomic E-state index is 13.3. The summed E-state index contributed by atoms with van der Waals surface area (Å²) in [4.78, 5) is 23.1. The minimum absolute atomic E-state index is 0. The Hall–Kier alpha value is -1.31. The lowest BCUT2D eigenvalue weighted by Gasteiger charge is -2.21. The van der Waals surface area contributed by atoms with E-state index in [1.807, 2.05) is 63.7 Å². The lowest BCUT2D eigenvalue weighted by atomic mass is 10.2. The maximum atomic E-state index is 13.3. The van der Waals surface area contributed by atoms with E-state index in [9.17, 15) is 4.79 Å². The smallest absolute Gasteiger partial charge is 0.260 e. The van der Waals surface area contributed by atoms with Crippen molar-refractivity contribution in [3.8, 4) is 0 Å². The first-order valence-corrected chi connectivity index (χ1v) is 11.5. The van der Waals surface area contributed by atoms with Crippen LogP contribution in [0.3, 0.4) is 0 Å². The third kappa shape index (κ3) is 5.64. The lowest BCUT2D eigenvalue weighted by Crippen LogP contribution is -2.33. The summed E-state index contributed by atoms with van der Waals surface area (Å²) in [6.45, 7) is 3.53. The van der Waals surface area contributed by atoms with Gasteiger partial charge in [0.1, 0.15) is 0 Å². The van der Waals surface area contributed by atoms with Crippen LogP contribution in [0, 0.1) is 6.92 Å². The van der Waals surface area contributed by atoms with Gasteiger partial charge in [0.05, 0.1) is 15.2 Å². The fourth-order valence-electron chi connectivity index (χ4n) is 2.92. The van der Waals surface area contributed by atoms with Crippen molar-refractivity contribution in [3.63, 3.8) is 0 Å². The number of thioether (sulfide) groups is 1. The molecule has 0 saturated carbocycles. The molecule has 4 nitrogen and oxygen atoms in total. The molecule has 0 aliphatic carbocycles. The van der Waals surface area contributed by atoms with Crippen LogP contribution < -0.4 is 4.90 Å². The van der Waals surface area contributed by atoms with Crippen molar-refractivity contribution in [2.24, 2.45) is 0 Å². The molecule has 1 amide bonds. The predicted molar refractivity (Wildman–Crippen MR) is 130 cm³/mol. The molecule has 0 unspecified atom stereocenters. The summed E-state index contributed by atoms with van der Waals surface area (Å²) in [6, 6.07) is 11.6. The van der Waals surface area contributed by atoms with Crippen LogP contribution in [-0.2, 0) is 0 Å². The van der Waals surface area contributed by atoms with Crippen LogP contribution >= 0.6 is 47.1 Å². The van der Waals surface area contributed by atoms with Crippen LogP contribution in [0.15, 0.2) is 41.3 Å². The Labute approximate surface area is 191 Å². The van der Waals surface area contributed by atoms with E-state index < -0.39 is 0 Å². The van der Waals surface area contributed by atoms with Crippen LogP contribution in [0.2, 0.25) is 5.02 Å². The normalized spacial score (nSPS) is 11.0. The Bertz CT molecular complexity index is 935. The number of benzene rings is 2. The molecule has 0 spiro atoms. The lowest BCUT2D eigenvalue weighted by molar-refractivity contribution is 0.0986. The number of hydrogen-bond donors (Lipinski definition) is 0. The number of nitrogens with zero attached hydrogens (tertiary/aromatic N) is 3. The summed E-state index contributed by atoms with van der Waals surface area (Å²) < 4.78 is 0.930. The van der Waals surface area contributed by atoms with Crippen LogP contribution in [0.5, 0.6) is 0 Å². The van der Waals surface area contributed by atoms with E-state index in [0.29, 0.717) is 22.3 Å². The molecular formula is C21H25Cl2N3OS2. The minimum atomic E-state index is -0.0285. The van der Waals surface area contributed by atoms with Gasteiger partial charge in [-0.3, -0.25) is 9.69 Å². The maximum Gasteiger partial charge on any atom is 0.260 e. The van der Waals surface area contributed by atoms with Gasteiger partial charge in [-0.1, -0.05) is 29.0 Å². The zero-order chi connectivity index (χ0) is 20.3. The quantitative estimate of drug-likeness (QED) is 0.397. The highest BCUT2D eigenvalue weighted by atomic mass is 35.5. The zero-order valence-electron chi connectivity index (χ0n) is 16.9. The van der Waals surface area contributed by atoms with Gasteiger partial charge in [0, 0.05) is 17.0 Å². The van der Waals surface area contributed by atoms with E-state index >= 15 is 0 Å². The van der Waals surface area contributed by atoms with Crippen molar-refractivity contribution < 1.29 is 4.79 Å². The molecule has 0 aliphatic heterocycles. The van der Waals surface area contributed by atoms with E-state index in [4.69, 9.17) is 16.6 Å². The number of hydrogen-bond acceptors (Lipinski definition) is 5.